The van der Waals surface area contributed by atoms with Crippen molar-refractivity contribution in [1.82, 2.24) is 9.80 Å². The maximum atomic E-state index is 13.5. The van der Waals surface area contributed by atoms with E-state index in [2.05, 4.69) is 4.90 Å². The number of hydrogen-bond acceptors (Lipinski definition) is 7. The summed E-state index contributed by atoms with van der Waals surface area (Å²) in [5.41, 5.74) is 1.83. The van der Waals surface area contributed by atoms with Crippen LogP contribution in [0.2, 0.25) is 0 Å². The first-order chi connectivity index (χ1) is 19.4. The van der Waals surface area contributed by atoms with Crippen LogP contribution in [0.4, 0.5) is 0 Å². The topological polar surface area (TPSA) is 77.5 Å². The minimum atomic E-state index is -0.722. The second-order valence-corrected chi connectivity index (χ2v) is 10.7. The Hall–Kier alpha value is -3.49. The fourth-order valence-corrected chi connectivity index (χ4v) is 5.70. The summed E-state index contributed by atoms with van der Waals surface area (Å²) in [6, 6.07) is 15.2. The Labute approximate surface area is 240 Å². The Morgan fingerprint density at radius 2 is 1.40 bits per heavy atom. The number of benzene rings is 2. The maximum Gasteiger partial charge on any atom is 0.290 e. The number of fused-ring (bicyclic) bond motifs is 4. The molecule has 9 heteroatoms. The number of nitrogens with zero attached hydrogens (tertiary/aromatic N) is 2. The lowest BCUT2D eigenvalue weighted by Gasteiger charge is -2.32. The molecule has 3 heterocycles. The lowest BCUT2D eigenvalue weighted by Crippen LogP contribution is -2.46. The van der Waals surface area contributed by atoms with Crippen molar-refractivity contribution in [3.8, 4) is 11.5 Å². The van der Waals surface area contributed by atoms with E-state index in [0.29, 0.717) is 23.1 Å². The van der Waals surface area contributed by atoms with Gasteiger partial charge in [0.1, 0.15) is 24.7 Å². The van der Waals surface area contributed by atoms with Gasteiger partial charge in [0.15, 0.2) is 11.5 Å². The average Bonchev–Trinajstić information content (AvgIpc) is 3.33. The molecular weight excluding hydrogens is 532 g/mol. The van der Waals surface area contributed by atoms with Crippen LogP contribution in [0.3, 0.4) is 0 Å². The predicted molar refractivity (Wildman–Crippen MR) is 151 cm³/mol. The highest BCUT2D eigenvalue weighted by atomic mass is 35.5. The number of piperidine rings is 1. The molecule has 3 aliphatic heterocycles. The van der Waals surface area contributed by atoms with E-state index in [4.69, 9.17) is 30.5 Å². The van der Waals surface area contributed by atoms with Crippen molar-refractivity contribution in [2.75, 3.05) is 40.4 Å². The summed E-state index contributed by atoms with van der Waals surface area (Å²) < 4.78 is 22.8. The van der Waals surface area contributed by atoms with E-state index in [-0.39, 0.29) is 25.7 Å². The molecule has 0 radical (unpaired) electrons. The van der Waals surface area contributed by atoms with E-state index in [0.717, 1.165) is 55.1 Å². The highest BCUT2D eigenvalue weighted by Crippen LogP contribution is 2.35. The van der Waals surface area contributed by atoms with Crippen LogP contribution in [0.1, 0.15) is 30.4 Å². The van der Waals surface area contributed by atoms with Crippen molar-refractivity contribution >= 4 is 23.3 Å². The summed E-state index contributed by atoms with van der Waals surface area (Å²) in [5.74, 6) is 0.617. The predicted octanol–water partition coefficient (Wildman–Crippen LogP) is 4.67. The zero-order valence-electron chi connectivity index (χ0n) is 22.9. The number of ether oxygens (including phenoxy) is 4. The Morgan fingerprint density at radius 3 is 1.98 bits per heavy atom. The second-order valence-electron chi connectivity index (χ2n) is 10.3. The van der Waals surface area contributed by atoms with Gasteiger partial charge in [0.25, 0.3) is 5.91 Å². The molecule has 0 saturated carbocycles. The zero-order valence-corrected chi connectivity index (χ0v) is 23.7. The number of ketones is 1. The second kappa shape index (κ2) is 12.8. The third-order valence-corrected chi connectivity index (χ3v) is 8.11. The molecule has 6 rings (SSSR count). The highest BCUT2D eigenvalue weighted by Gasteiger charge is 2.38. The van der Waals surface area contributed by atoms with Gasteiger partial charge >= 0.3 is 0 Å². The van der Waals surface area contributed by atoms with Gasteiger partial charge in [-0.05, 0) is 54.3 Å². The van der Waals surface area contributed by atoms with Crippen molar-refractivity contribution in [1.29, 1.82) is 0 Å². The number of allylic oxidation sites excluding steroid dienone is 2. The molecule has 4 aliphatic rings. The smallest absolute Gasteiger partial charge is 0.290 e. The van der Waals surface area contributed by atoms with E-state index >= 15 is 0 Å². The van der Waals surface area contributed by atoms with Gasteiger partial charge in [-0.15, -0.1) is 0 Å². The van der Waals surface area contributed by atoms with Crippen LogP contribution < -0.4 is 9.47 Å². The molecule has 0 N–H and O–H groups in total. The monoisotopic (exact) mass is 566 g/mol. The Bertz CT molecular complexity index is 1270. The number of halogens is 1. The largest absolute Gasteiger partial charge is 0.497 e. The molecule has 2 bridgehead atoms. The van der Waals surface area contributed by atoms with Crippen LogP contribution in [0, 0.1) is 5.92 Å². The van der Waals surface area contributed by atoms with Gasteiger partial charge < -0.3 is 28.7 Å². The first-order valence-electron chi connectivity index (χ1n) is 13.6. The average molecular weight is 567 g/mol. The van der Waals surface area contributed by atoms with Crippen LogP contribution in [0.5, 0.6) is 11.5 Å². The number of carbonyl (C=O) groups is 2. The summed E-state index contributed by atoms with van der Waals surface area (Å²) in [6.07, 6.45) is 3.68. The van der Waals surface area contributed by atoms with E-state index in [1.807, 2.05) is 48.5 Å². The number of carbonyl (C=O) groups excluding carboxylic acids is 2. The molecule has 3 saturated heterocycles. The molecule has 0 spiro atoms. The van der Waals surface area contributed by atoms with E-state index in [1.54, 1.807) is 25.2 Å². The minimum Gasteiger partial charge on any atom is -0.497 e. The first kappa shape index (κ1) is 28.1. The molecule has 3 fully saturated rings. The summed E-state index contributed by atoms with van der Waals surface area (Å²) in [6.45, 7) is 3.80. The van der Waals surface area contributed by atoms with Gasteiger partial charge in [-0.3, -0.25) is 9.59 Å². The number of rotatable bonds is 10. The molecule has 8 nitrogen and oxygen atoms in total. The van der Waals surface area contributed by atoms with Crippen LogP contribution >= 0.6 is 11.6 Å². The molecule has 212 valence electrons. The zero-order chi connectivity index (χ0) is 28.1. The maximum absolute atomic E-state index is 13.5. The van der Waals surface area contributed by atoms with Gasteiger partial charge in [0, 0.05) is 38.6 Å². The lowest BCUT2D eigenvalue weighted by molar-refractivity contribution is -0.147. The van der Waals surface area contributed by atoms with E-state index in [9.17, 15) is 9.59 Å². The molecule has 2 aromatic carbocycles. The number of amides is 1. The Kier molecular flexibility index (Phi) is 8.97. The van der Waals surface area contributed by atoms with Crippen molar-refractivity contribution < 1.29 is 28.5 Å². The third-order valence-electron chi connectivity index (χ3n) is 7.78. The van der Waals surface area contributed by atoms with Gasteiger partial charge in [-0.2, -0.15) is 0 Å². The van der Waals surface area contributed by atoms with Crippen molar-refractivity contribution in [2.24, 2.45) is 5.92 Å². The Balaban J connectivity index is 1.33. The number of Topliss-reactive ketones (excluding diaryl/α,β-unsaturated/α-hetero) is 1. The molecule has 1 amide bonds. The minimum absolute atomic E-state index is 0.114. The van der Waals surface area contributed by atoms with Gasteiger partial charge in [-0.1, -0.05) is 35.9 Å². The van der Waals surface area contributed by atoms with Crippen molar-refractivity contribution in [2.45, 2.75) is 38.5 Å². The molecule has 40 heavy (non-hydrogen) atoms. The summed E-state index contributed by atoms with van der Waals surface area (Å²) >= 11 is 6.74. The van der Waals surface area contributed by atoms with Crippen molar-refractivity contribution in [3.63, 3.8) is 0 Å². The normalized spacial score (nSPS) is 22.3. The fourth-order valence-electron chi connectivity index (χ4n) is 5.38. The first-order valence-corrected chi connectivity index (χ1v) is 14.0. The SMILES string of the molecule is COc1ccc(COC2=CC(C(=O)C(=O)N3CCN4CCC3CC4)CC(Cl)=C2OCc2ccc(OC)cc2)cc1. The molecule has 1 unspecified atom stereocenters. The molecule has 0 aromatic heterocycles. The van der Waals surface area contributed by atoms with Gasteiger partial charge in [0.2, 0.25) is 5.78 Å². The summed E-state index contributed by atoms with van der Waals surface area (Å²) in [7, 11) is 3.23. The molecule has 1 aliphatic carbocycles. The van der Waals surface area contributed by atoms with Crippen molar-refractivity contribution in [3.05, 3.63) is 82.3 Å². The fraction of sp³-hybridized carbons (Fsp3) is 0.419. The lowest BCUT2D eigenvalue weighted by atomic mass is 9.92. The highest BCUT2D eigenvalue weighted by molar-refractivity contribution is 6.38. The van der Waals surface area contributed by atoms with E-state index in [1.165, 1.54) is 0 Å². The third kappa shape index (κ3) is 6.45. The van der Waals surface area contributed by atoms with Crippen LogP contribution in [0.25, 0.3) is 0 Å². The molecular formula is C31H35ClN2O6. The summed E-state index contributed by atoms with van der Waals surface area (Å²) in [4.78, 5) is 31.1. The number of hydrogen-bond donors (Lipinski definition) is 0. The Morgan fingerprint density at radius 1 is 0.825 bits per heavy atom. The molecule has 1 atom stereocenters. The van der Waals surface area contributed by atoms with Gasteiger partial charge in [0.05, 0.1) is 25.2 Å². The summed E-state index contributed by atoms with van der Waals surface area (Å²) in [5, 5.41) is 0.356. The molecule has 2 aromatic rings. The quantitative estimate of drug-likeness (QED) is 0.387. The van der Waals surface area contributed by atoms with E-state index < -0.39 is 17.6 Å². The van der Waals surface area contributed by atoms with Crippen LogP contribution in [0.15, 0.2) is 71.2 Å². The van der Waals surface area contributed by atoms with Crippen LogP contribution in [-0.4, -0.2) is 67.9 Å². The van der Waals surface area contributed by atoms with Gasteiger partial charge in [-0.25, -0.2) is 0 Å². The standard InChI is InChI=1S/C31H35ClN2O6/c1-37-25-7-3-21(4-8-25)19-39-28-18-23(29(35)31(36)34-16-15-33-13-11-24(34)12-14-33)17-27(32)30(28)40-20-22-5-9-26(38-2)10-6-22/h3-10,18,23-24H,11-17,19-20H2,1-2H3. The van der Waals surface area contributed by atoms with Crippen LogP contribution in [-0.2, 0) is 32.3 Å². The number of methoxy groups -OCH3 is 2.